The Hall–Kier alpha value is -2.60. The fraction of sp³-hybridized carbons (Fsp3) is 0.444. The number of nitrogens with one attached hydrogen (secondary N) is 2. The largest absolute Gasteiger partial charge is 0.325 e. The molecular weight excluding hydrogens is 432 g/mol. The molecule has 0 atom stereocenters. The van der Waals surface area contributed by atoms with E-state index in [0.29, 0.717) is 11.4 Å². The van der Waals surface area contributed by atoms with Crippen molar-refractivity contribution in [2.75, 3.05) is 10.6 Å². The molecular formula is C27H34N2O3S. The van der Waals surface area contributed by atoms with Gasteiger partial charge in [-0.05, 0) is 48.4 Å². The molecule has 0 spiro atoms. The van der Waals surface area contributed by atoms with Crippen molar-refractivity contribution in [3.8, 4) is 0 Å². The predicted molar refractivity (Wildman–Crippen MR) is 135 cm³/mol. The van der Waals surface area contributed by atoms with Crippen LogP contribution in [0.5, 0.6) is 0 Å². The summed E-state index contributed by atoms with van der Waals surface area (Å²) < 4.78 is 0. The van der Waals surface area contributed by atoms with E-state index >= 15 is 0 Å². The Labute approximate surface area is 201 Å². The molecule has 0 saturated heterocycles. The summed E-state index contributed by atoms with van der Waals surface area (Å²) in [7, 11) is 0. The number of carbonyl (C=O) groups is 3. The molecule has 1 saturated carbocycles. The van der Waals surface area contributed by atoms with Gasteiger partial charge in [-0.3, -0.25) is 14.4 Å². The molecule has 6 heteroatoms. The maximum absolute atomic E-state index is 13.0. The number of thioether (sulfide) groups is 1. The Bertz CT molecular complexity index is 1020. The van der Waals surface area contributed by atoms with Gasteiger partial charge in [0.1, 0.15) is 0 Å². The minimum Gasteiger partial charge on any atom is -0.325 e. The second-order valence-corrected chi connectivity index (χ2v) is 11.2. The molecule has 2 aromatic carbocycles. The molecule has 2 amide bonds. The first-order valence-electron chi connectivity index (χ1n) is 11.6. The normalized spacial score (nSPS) is 15.5. The molecule has 0 radical (unpaired) electrons. The molecule has 33 heavy (non-hydrogen) atoms. The van der Waals surface area contributed by atoms with Crippen molar-refractivity contribution in [2.45, 2.75) is 71.1 Å². The summed E-state index contributed by atoms with van der Waals surface area (Å²) in [6.45, 7) is 7.59. The van der Waals surface area contributed by atoms with Gasteiger partial charge in [0.05, 0.1) is 5.69 Å². The van der Waals surface area contributed by atoms with Gasteiger partial charge >= 0.3 is 0 Å². The lowest BCUT2D eigenvalue weighted by Gasteiger charge is -2.32. The van der Waals surface area contributed by atoms with Gasteiger partial charge in [-0.15, -0.1) is 0 Å². The van der Waals surface area contributed by atoms with Crippen molar-refractivity contribution in [1.82, 2.24) is 0 Å². The zero-order valence-corrected chi connectivity index (χ0v) is 20.8. The molecule has 0 heterocycles. The van der Waals surface area contributed by atoms with E-state index in [4.69, 9.17) is 0 Å². The van der Waals surface area contributed by atoms with E-state index < -0.39 is 5.41 Å². The summed E-state index contributed by atoms with van der Waals surface area (Å²) in [6, 6.07) is 14.8. The third kappa shape index (κ3) is 6.70. The first-order valence-corrected chi connectivity index (χ1v) is 12.4. The summed E-state index contributed by atoms with van der Waals surface area (Å²) in [4.78, 5) is 39.1. The fourth-order valence-electron chi connectivity index (χ4n) is 3.91. The highest BCUT2D eigenvalue weighted by Gasteiger charge is 2.34. The molecule has 0 unspecified atom stereocenters. The Morgan fingerprint density at radius 3 is 2.15 bits per heavy atom. The van der Waals surface area contributed by atoms with Crippen LogP contribution in [0.15, 0.2) is 53.4 Å². The van der Waals surface area contributed by atoms with Crippen LogP contribution in [0.3, 0.4) is 0 Å². The standard InChI is InChI=1S/C27H34N2O3S/c1-26(2,3)24(31)28-20-13-7-6-12-19(20)18-23(30)33-22-15-9-8-14-21(22)29-25(32)27(4)16-10-5-11-17-27/h6-9,12-15H,5,10-11,16-18H2,1-4H3,(H,28,31)(H,29,32). The van der Waals surface area contributed by atoms with Crippen LogP contribution in [0.4, 0.5) is 11.4 Å². The van der Waals surface area contributed by atoms with Crippen molar-refractivity contribution in [3.05, 3.63) is 54.1 Å². The first kappa shape index (κ1) is 25.0. The van der Waals surface area contributed by atoms with Crippen LogP contribution in [0, 0.1) is 10.8 Å². The van der Waals surface area contributed by atoms with Gasteiger partial charge in [0.15, 0.2) is 5.12 Å². The van der Waals surface area contributed by atoms with Crippen LogP contribution in [-0.2, 0) is 20.8 Å². The van der Waals surface area contributed by atoms with Crippen molar-refractivity contribution in [2.24, 2.45) is 10.8 Å². The monoisotopic (exact) mass is 466 g/mol. The lowest BCUT2D eigenvalue weighted by atomic mass is 9.75. The number of para-hydroxylation sites is 2. The van der Waals surface area contributed by atoms with Gasteiger partial charge < -0.3 is 10.6 Å². The number of benzene rings is 2. The molecule has 3 rings (SSSR count). The van der Waals surface area contributed by atoms with Crippen LogP contribution in [0.1, 0.15) is 65.4 Å². The molecule has 2 N–H and O–H groups in total. The minimum atomic E-state index is -0.530. The highest BCUT2D eigenvalue weighted by molar-refractivity contribution is 8.13. The molecule has 2 aromatic rings. The third-order valence-electron chi connectivity index (χ3n) is 6.15. The van der Waals surface area contributed by atoms with Gasteiger partial charge in [-0.2, -0.15) is 0 Å². The summed E-state index contributed by atoms with van der Waals surface area (Å²) in [6.07, 6.45) is 5.29. The quantitative estimate of drug-likeness (QED) is 0.480. The van der Waals surface area contributed by atoms with E-state index in [1.807, 2.05) is 76.2 Å². The molecule has 1 aliphatic carbocycles. The maximum Gasteiger partial charge on any atom is 0.230 e. The second-order valence-electron chi connectivity index (χ2n) is 10.1. The van der Waals surface area contributed by atoms with Crippen molar-refractivity contribution in [1.29, 1.82) is 0 Å². The molecule has 0 bridgehead atoms. The van der Waals surface area contributed by atoms with E-state index in [2.05, 4.69) is 10.6 Å². The van der Waals surface area contributed by atoms with Crippen LogP contribution < -0.4 is 10.6 Å². The maximum atomic E-state index is 13.0. The van der Waals surface area contributed by atoms with E-state index in [9.17, 15) is 14.4 Å². The van der Waals surface area contributed by atoms with Crippen LogP contribution in [0.2, 0.25) is 0 Å². The van der Waals surface area contributed by atoms with Gasteiger partial charge in [-0.25, -0.2) is 0 Å². The van der Waals surface area contributed by atoms with Crippen molar-refractivity contribution in [3.63, 3.8) is 0 Å². The number of carbonyl (C=O) groups excluding carboxylic acids is 3. The van der Waals surface area contributed by atoms with E-state index in [1.165, 1.54) is 6.42 Å². The molecule has 0 aliphatic heterocycles. The number of rotatable bonds is 6. The van der Waals surface area contributed by atoms with Crippen LogP contribution in [-0.4, -0.2) is 16.9 Å². The van der Waals surface area contributed by atoms with Crippen LogP contribution >= 0.6 is 11.8 Å². The lowest BCUT2D eigenvalue weighted by molar-refractivity contribution is -0.126. The molecule has 5 nitrogen and oxygen atoms in total. The van der Waals surface area contributed by atoms with E-state index in [1.54, 1.807) is 0 Å². The molecule has 1 aliphatic rings. The Kier molecular flexibility index (Phi) is 8.01. The zero-order chi connectivity index (χ0) is 24.1. The van der Waals surface area contributed by atoms with Crippen molar-refractivity contribution < 1.29 is 14.4 Å². The molecule has 176 valence electrons. The predicted octanol–water partition coefficient (Wildman–Crippen LogP) is 6.44. The summed E-state index contributed by atoms with van der Waals surface area (Å²) in [5, 5.41) is 5.96. The summed E-state index contributed by atoms with van der Waals surface area (Å²) >= 11 is 1.12. The molecule has 0 aromatic heterocycles. The minimum absolute atomic E-state index is 0.0259. The summed E-state index contributed by atoms with van der Waals surface area (Å²) in [5.41, 5.74) is 1.20. The Morgan fingerprint density at radius 1 is 0.879 bits per heavy atom. The summed E-state index contributed by atoms with van der Waals surface area (Å²) in [5.74, 6) is -0.0720. The molecule has 1 fully saturated rings. The van der Waals surface area contributed by atoms with Gasteiger partial charge in [0, 0.05) is 27.8 Å². The zero-order valence-electron chi connectivity index (χ0n) is 20.0. The van der Waals surface area contributed by atoms with Crippen LogP contribution in [0.25, 0.3) is 0 Å². The average molecular weight is 467 g/mol. The van der Waals surface area contributed by atoms with Gasteiger partial charge in [-0.1, -0.05) is 77.3 Å². The number of hydrogen-bond donors (Lipinski definition) is 2. The Morgan fingerprint density at radius 2 is 1.48 bits per heavy atom. The van der Waals surface area contributed by atoms with Gasteiger partial charge in [0.2, 0.25) is 11.8 Å². The average Bonchev–Trinajstić information content (AvgIpc) is 2.76. The number of amides is 2. The number of anilines is 2. The van der Waals surface area contributed by atoms with E-state index in [-0.39, 0.29) is 28.8 Å². The Balaban J connectivity index is 1.70. The third-order valence-corrected chi connectivity index (χ3v) is 7.09. The highest BCUT2D eigenvalue weighted by Crippen LogP contribution is 2.38. The van der Waals surface area contributed by atoms with E-state index in [0.717, 1.165) is 47.9 Å². The van der Waals surface area contributed by atoms with Crippen molar-refractivity contribution >= 4 is 40.1 Å². The SMILES string of the molecule is CC(C)(C)C(=O)Nc1ccccc1CC(=O)Sc1ccccc1NC(=O)C1(C)CCCCC1. The number of hydrogen-bond acceptors (Lipinski definition) is 4. The topological polar surface area (TPSA) is 75.3 Å². The lowest BCUT2D eigenvalue weighted by Crippen LogP contribution is -2.35. The smallest absolute Gasteiger partial charge is 0.230 e. The highest BCUT2D eigenvalue weighted by atomic mass is 32.2. The first-order chi connectivity index (χ1) is 15.6. The fourth-order valence-corrected chi connectivity index (χ4v) is 4.76. The second kappa shape index (κ2) is 10.6. The van der Waals surface area contributed by atoms with Gasteiger partial charge in [0.25, 0.3) is 0 Å².